The van der Waals surface area contributed by atoms with Crippen molar-refractivity contribution in [2.24, 2.45) is 5.92 Å². The first kappa shape index (κ1) is 26.2. The number of nitrogens with zero attached hydrogens (tertiary/aromatic N) is 1. The zero-order valence-electron chi connectivity index (χ0n) is 16.7. The van der Waals surface area contributed by atoms with Crippen LogP contribution in [0.3, 0.4) is 0 Å². The minimum absolute atomic E-state index is 0. The van der Waals surface area contributed by atoms with Crippen molar-refractivity contribution < 1.29 is 55.6 Å². The van der Waals surface area contributed by atoms with Gasteiger partial charge in [-0.1, -0.05) is 36.8 Å². The number of piperidine rings is 1. The van der Waals surface area contributed by atoms with Crippen molar-refractivity contribution >= 4 is 32.0 Å². The summed E-state index contributed by atoms with van der Waals surface area (Å²) in [5, 5.41) is 27.4. The Kier molecular flexibility index (Phi) is 8.65. The van der Waals surface area contributed by atoms with Crippen molar-refractivity contribution in [2.45, 2.75) is 48.0 Å². The van der Waals surface area contributed by atoms with E-state index in [0.29, 0.717) is 25.9 Å². The molecule has 31 heavy (non-hydrogen) atoms. The third kappa shape index (κ3) is 6.04. The van der Waals surface area contributed by atoms with Gasteiger partial charge < -0.3 is 20.8 Å². The molecule has 0 bridgehead atoms. The van der Waals surface area contributed by atoms with E-state index in [4.69, 9.17) is 9.11 Å². The average Bonchev–Trinajstić information content (AvgIpc) is 2.67. The normalized spacial score (nSPS) is 27.5. The molecule has 3 aliphatic rings. The number of rotatable bonds is 2. The van der Waals surface area contributed by atoms with Gasteiger partial charge >= 0.3 is 19.5 Å². The standard InChI is InChI=1S/C9H16NO4S.C9H9NO4S.Zn/c2*11-7-3-4-8(15(12,13)14)6-2-1-5-10-9(6)7;/h6-9,11H,1-5H2,(H,12,13,14);1-4,10-11H,5H2,(H,12,13,14);/q-1;;+2/p-1. The van der Waals surface area contributed by atoms with Crippen molar-refractivity contribution in [2.75, 3.05) is 18.4 Å². The molecule has 0 aromatic heterocycles. The van der Waals surface area contributed by atoms with Gasteiger partial charge in [-0.3, -0.25) is 9.11 Å². The molecule has 1 saturated carbocycles. The molecule has 0 amide bonds. The fraction of sp³-hybridized carbons (Fsp3) is 0.556. The van der Waals surface area contributed by atoms with Gasteiger partial charge in [-0.05, 0) is 24.8 Å². The summed E-state index contributed by atoms with van der Waals surface area (Å²) in [5.74, 6) is -0.487. The second kappa shape index (κ2) is 10.2. The summed E-state index contributed by atoms with van der Waals surface area (Å²) in [6, 6.07) is 1.93. The molecule has 4 rings (SSSR count). The van der Waals surface area contributed by atoms with Crippen LogP contribution >= 0.6 is 0 Å². The van der Waals surface area contributed by atoms with E-state index in [9.17, 15) is 27.0 Å². The predicted molar refractivity (Wildman–Crippen MR) is 109 cm³/mol. The van der Waals surface area contributed by atoms with Crippen LogP contribution in [0.2, 0.25) is 0 Å². The minimum atomic E-state index is -4.29. The second-order valence-electron chi connectivity index (χ2n) is 7.51. The maximum atomic E-state index is 11.4. The molecule has 1 aliphatic carbocycles. The van der Waals surface area contributed by atoms with Gasteiger partial charge in [0, 0.05) is 23.9 Å². The summed E-state index contributed by atoms with van der Waals surface area (Å²) in [6.45, 7) is 1.16. The van der Waals surface area contributed by atoms with Crippen LogP contribution in [0.1, 0.15) is 31.2 Å². The van der Waals surface area contributed by atoms with Crippen LogP contribution in [-0.4, -0.2) is 61.5 Å². The van der Waals surface area contributed by atoms with E-state index < -0.39 is 31.6 Å². The van der Waals surface area contributed by atoms with Gasteiger partial charge in [-0.2, -0.15) is 16.8 Å². The number of aliphatic hydroxyl groups excluding tert-OH is 1. The van der Waals surface area contributed by atoms with Crippen molar-refractivity contribution in [3.8, 4) is 5.75 Å². The molecule has 2 aliphatic heterocycles. The third-order valence-corrected chi connectivity index (χ3v) is 7.86. The number of anilines is 1. The molecule has 4 unspecified atom stereocenters. The first-order valence-electron chi connectivity index (χ1n) is 9.53. The number of aliphatic hydroxyl groups is 1. The van der Waals surface area contributed by atoms with E-state index in [1.54, 1.807) is 6.08 Å². The summed E-state index contributed by atoms with van der Waals surface area (Å²) < 4.78 is 62.4. The first-order chi connectivity index (χ1) is 14.0. The largest absolute Gasteiger partial charge is 2.00 e. The zero-order chi connectivity index (χ0) is 22.1. The molecule has 1 saturated heterocycles. The van der Waals surface area contributed by atoms with Gasteiger partial charge in [0.25, 0.3) is 20.2 Å². The van der Waals surface area contributed by atoms with Gasteiger partial charge in [0.1, 0.15) is 4.90 Å². The number of nitrogens with one attached hydrogen (secondary N) is 1. The fourth-order valence-electron chi connectivity index (χ4n) is 4.27. The Morgan fingerprint density at radius 2 is 1.81 bits per heavy atom. The molecule has 168 valence electrons. The Morgan fingerprint density at radius 3 is 2.45 bits per heavy atom. The van der Waals surface area contributed by atoms with E-state index in [-0.39, 0.29) is 53.3 Å². The Bertz CT molecular complexity index is 1030. The Balaban J connectivity index is 0.000000213. The van der Waals surface area contributed by atoms with E-state index in [1.807, 2.05) is 0 Å². The quantitative estimate of drug-likeness (QED) is 0.323. The van der Waals surface area contributed by atoms with Crippen molar-refractivity contribution in [3.05, 3.63) is 29.1 Å². The molecule has 0 radical (unpaired) electrons. The van der Waals surface area contributed by atoms with E-state index >= 15 is 0 Å². The van der Waals surface area contributed by atoms with Gasteiger partial charge in [0.15, 0.2) is 0 Å². The Labute approximate surface area is 194 Å². The summed E-state index contributed by atoms with van der Waals surface area (Å²) in [6.07, 6.45) is 4.99. The molecule has 2 heterocycles. The molecule has 1 aromatic rings. The maximum Gasteiger partial charge on any atom is 2.00 e. The van der Waals surface area contributed by atoms with Crippen LogP contribution in [0, 0.1) is 5.92 Å². The number of hydrogen-bond donors (Lipinski definition) is 4. The van der Waals surface area contributed by atoms with Crippen LogP contribution in [0.25, 0.3) is 11.4 Å². The van der Waals surface area contributed by atoms with Gasteiger partial charge in [-0.25, -0.2) is 0 Å². The molecule has 4 atom stereocenters. The van der Waals surface area contributed by atoms with Crippen LogP contribution in [0.4, 0.5) is 5.69 Å². The third-order valence-electron chi connectivity index (χ3n) is 5.60. The predicted octanol–water partition coefficient (Wildman–Crippen LogP) is 0.993. The number of fused-ring (bicyclic) bond motifs is 2. The number of benzene rings is 1. The summed E-state index contributed by atoms with van der Waals surface area (Å²) in [4.78, 5) is -0.249. The summed E-state index contributed by atoms with van der Waals surface area (Å²) in [5.41, 5.74) is 0.434. The molecule has 10 nitrogen and oxygen atoms in total. The van der Waals surface area contributed by atoms with Gasteiger partial charge in [0.05, 0.1) is 5.25 Å². The van der Waals surface area contributed by atoms with E-state index in [0.717, 1.165) is 25.0 Å². The molecular formula is C18H24N2O8S2Zn. The molecule has 1 aromatic carbocycles. The molecule has 4 N–H and O–H groups in total. The molecule has 0 spiro atoms. The van der Waals surface area contributed by atoms with Crippen molar-refractivity contribution in [1.82, 2.24) is 0 Å². The Hall–Kier alpha value is -1.08. The molecule has 2 fully saturated rings. The molecule has 13 heteroatoms. The summed E-state index contributed by atoms with van der Waals surface area (Å²) in [7, 11) is -8.28. The zero-order valence-corrected chi connectivity index (χ0v) is 21.3. The maximum absolute atomic E-state index is 11.4. The smallest absolute Gasteiger partial charge is 0.871 e. The van der Waals surface area contributed by atoms with Crippen LogP contribution in [0.5, 0.6) is 5.75 Å². The van der Waals surface area contributed by atoms with Crippen molar-refractivity contribution in [3.63, 3.8) is 0 Å². The second-order valence-corrected chi connectivity index (χ2v) is 10.5. The summed E-state index contributed by atoms with van der Waals surface area (Å²) >= 11 is 0. The fourth-order valence-corrected chi connectivity index (χ4v) is 6.13. The van der Waals surface area contributed by atoms with E-state index in [2.05, 4.69) is 10.6 Å². The topological polar surface area (TPSA) is 178 Å². The monoisotopic (exact) mass is 524 g/mol. The molecular weight excluding hydrogens is 502 g/mol. The van der Waals surface area contributed by atoms with E-state index in [1.165, 1.54) is 6.08 Å². The van der Waals surface area contributed by atoms with Crippen LogP contribution in [-0.2, 0) is 39.7 Å². The number of hydrogen-bond acceptors (Lipinski definition) is 7. The first-order valence-corrected chi connectivity index (χ1v) is 12.5. The van der Waals surface area contributed by atoms with Crippen molar-refractivity contribution in [1.29, 1.82) is 0 Å². The van der Waals surface area contributed by atoms with Crippen LogP contribution in [0.15, 0.2) is 23.1 Å². The van der Waals surface area contributed by atoms with Gasteiger partial charge in [-0.15, -0.1) is 12.6 Å². The minimum Gasteiger partial charge on any atom is -0.871 e. The van der Waals surface area contributed by atoms with Crippen LogP contribution < -0.4 is 10.4 Å². The Morgan fingerprint density at radius 1 is 1.10 bits per heavy atom. The average molecular weight is 526 g/mol. The van der Waals surface area contributed by atoms with Gasteiger partial charge in [0.2, 0.25) is 0 Å². The SMILES string of the molecule is O=S(=O)(O)C1CCC(O)C2[N-]CCCC21.O=S(=O)(O)c1ccc([O-])c2c1C=CCN2.[Zn+2].